The number of benzene rings is 2. The van der Waals surface area contributed by atoms with Gasteiger partial charge in [-0.05, 0) is 22.5 Å². The fraction of sp³-hybridized carbons (Fsp3) is 0.292. The molecule has 0 heterocycles. The third kappa shape index (κ3) is 4.98. The molecule has 0 fully saturated rings. The van der Waals surface area contributed by atoms with Crippen LogP contribution in [-0.4, -0.2) is 0 Å². The Balaban J connectivity index is 0.00000192. The summed E-state index contributed by atoms with van der Waals surface area (Å²) in [6, 6.07) is 20.3. The average molecular weight is 411 g/mol. The van der Waals surface area contributed by atoms with Crippen molar-refractivity contribution in [2.75, 3.05) is 0 Å². The van der Waals surface area contributed by atoms with Gasteiger partial charge in [-0.3, -0.25) is 0 Å². The number of fused-ring (bicyclic) bond motifs is 1. The summed E-state index contributed by atoms with van der Waals surface area (Å²) >= 11 is 0. The Bertz CT molecular complexity index is 783. The van der Waals surface area contributed by atoms with Crippen molar-refractivity contribution in [2.24, 2.45) is 0 Å². The van der Waals surface area contributed by atoms with Crippen molar-refractivity contribution < 1.29 is 26.2 Å². The van der Waals surface area contributed by atoms with Crippen molar-refractivity contribution in [3.63, 3.8) is 0 Å². The van der Waals surface area contributed by atoms with E-state index in [2.05, 4.69) is 89.2 Å². The third-order valence-electron chi connectivity index (χ3n) is 4.50. The van der Waals surface area contributed by atoms with Gasteiger partial charge in [0.05, 0.1) is 0 Å². The molecule has 131 valence electrons. The Labute approximate surface area is 174 Å². The number of hydrogen-bond donors (Lipinski definition) is 0. The molecule has 0 atom stereocenters. The first kappa shape index (κ1) is 23.9. The van der Waals surface area contributed by atoms with Crippen LogP contribution in [0.4, 0.5) is 0 Å². The van der Waals surface area contributed by atoms with E-state index in [1.807, 2.05) is 0 Å². The van der Waals surface area contributed by atoms with Gasteiger partial charge in [0.1, 0.15) is 0 Å². The van der Waals surface area contributed by atoms with Crippen molar-refractivity contribution in [3.05, 3.63) is 80.6 Å². The summed E-state index contributed by atoms with van der Waals surface area (Å²) in [6.07, 6.45) is 0. The quantitative estimate of drug-likeness (QED) is 0.383. The van der Waals surface area contributed by atoms with E-state index in [9.17, 15) is 0 Å². The summed E-state index contributed by atoms with van der Waals surface area (Å²) in [5.41, 5.74) is 5.65. The predicted molar refractivity (Wildman–Crippen MR) is 111 cm³/mol. The van der Waals surface area contributed by atoms with Gasteiger partial charge in [0.25, 0.3) is 0 Å². The van der Waals surface area contributed by atoms with E-state index >= 15 is 0 Å². The molecule has 1 heteroatoms. The van der Waals surface area contributed by atoms with Crippen LogP contribution >= 0.6 is 0 Å². The molecule has 0 bridgehead atoms. The van der Waals surface area contributed by atoms with Crippen molar-refractivity contribution in [3.8, 4) is 11.1 Å². The smallest absolute Gasteiger partial charge is 0.358 e. The van der Waals surface area contributed by atoms with Crippen LogP contribution in [0.25, 0.3) is 21.9 Å². The summed E-state index contributed by atoms with van der Waals surface area (Å²) in [4.78, 5) is 0. The van der Waals surface area contributed by atoms with Crippen molar-refractivity contribution in [1.82, 2.24) is 0 Å². The van der Waals surface area contributed by atoms with Gasteiger partial charge in [0.2, 0.25) is 0 Å². The molecule has 0 aliphatic heterocycles. The normalized spacial score (nSPS) is 10.8. The monoisotopic (exact) mass is 409 g/mol. The van der Waals surface area contributed by atoms with E-state index in [4.69, 9.17) is 0 Å². The first-order chi connectivity index (χ1) is 10.4. The van der Waals surface area contributed by atoms with Gasteiger partial charge in [-0.15, -0.1) is 34.5 Å². The maximum atomic E-state index is 2.35. The Morgan fingerprint density at radius 1 is 0.880 bits per heavy atom. The van der Waals surface area contributed by atoms with Gasteiger partial charge >= 0.3 is 26.2 Å². The second kappa shape index (κ2) is 9.04. The summed E-state index contributed by atoms with van der Waals surface area (Å²) in [5.74, 6) is 0.573. The minimum atomic E-state index is 0. The van der Waals surface area contributed by atoms with Crippen LogP contribution in [-0.2, 0) is 31.6 Å². The molecular formula is C24H31Zr. The molecule has 0 unspecified atom stereocenters. The van der Waals surface area contributed by atoms with E-state index < -0.39 is 0 Å². The van der Waals surface area contributed by atoms with Crippen LogP contribution in [0.3, 0.4) is 0 Å². The molecule has 3 aromatic carbocycles. The van der Waals surface area contributed by atoms with Gasteiger partial charge in [-0.2, -0.15) is 6.07 Å². The van der Waals surface area contributed by atoms with Crippen LogP contribution in [0.1, 0.15) is 51.7 Å². The van der Waals surface area contributed by atoms with Gasteiger partial charge in [0.15, 0.2) is 0 Å². The third-order valence-corrected chi connectivity index (χ3v) is 4.50. The predicted octanol–water partition coefficient (Wildman–Crippen LogP) is 7.54. The van der Waals surface area contributed by atoms with Gasteiger partial charge in [-0.1, -0.05) is 70.5 Å². The average Bonchev–Trinajstić information content (AvgIpc) is 2.90. The molecular weight excluding hydrogens is 379 g/mol. The Morgan fingerprint density at radius 3 is 2.00 bits per heavy atom. The minimum absolute atomic E-state index is 0. The summed E-state index contributed by atoms with van der Waals surface area (Å²) < 4.78 is 0. The van der Waals surface area contributed by atoms with Gasteiger partial charge in [0, 0.05) is 0 Å². The zero-order chi connectivity index (χ0) is 15.9. The summed E-state index contributed by atoms with van der Waals surface area (Å²) in [6.45, 7) is 11.3. The van der Waals surface area contributed by atoms with Crippen molar-refractivity contribution >= 4 is 10.8 Å². The summed E-state index contributed by atoms with van der Waals surface area (Å²) in [7, 11) is 0. The minimum Gasteiger partial charge on any atom is -0.358 e. The van der Waals surface area contributed by atoms with Crippen LogP contribution in [0.15, 0.2) is 54.6 Å². The van der Waals surface area contributed by atoms with E-state index in [1.54, 1.807) is 0 Å². The molecule has 3 rings (SSSR count). The maximum absolute atomic E-state index is 2.35. The fourth-order valence-corrected chi connectivity index (χ4v) is 2.99. The van der Waals surface area contributed by atoms with E-state index in [0.29, 0.717) is 5.92 Å². The number of rotatable bonds is 2. The van der Waals surface area contributed by atoms with Gasteiger partial charge in [-0.25, -0.2) is 0 Å². The van der Waals surface area contributed by atoms with Crippen LogP contribution in [0, 0.1) is 14.9 Å². The molecule has 3 aromatic rings. The van der Waals surface area contributed by atoms with E-state index in [1.165, 1.54) is 33.0 Å². The summed E-state index contributed by atoms with van der Waals surface area (Å²) in [5, 5.41) is 2.72. The molecule has 0 spiro atoms. The van der Waals surface area contributed by atoms with Crippen LogP contribution < -0.4 is 0 Å². The second-order valence-electron chi connectivity index (χ2n) is 7.58. The fourth-order valence-electron chi connectivity index (χ4n) is 2.99. The molecule has 0 aliphatic carbocycles. The molecule has 0 amide bonds. The zero-order valence-electron chi connectivity index (χ0n) is 16.8. The maximum Gasteiger partial charge on any atom is 3.00 e. The SMILES string of the molecule is CC(C)c1cc2c(-c3ccc(C(C)(C)C)cc3)cccc2[cH-]1.[CH3-].[CH3-].[Zr+3]. The Morgan fingerprint density at radius 2 is 1.48 bits per heavy atom. The molecule has 0 saturated heterocycles. The van der Waals surface area contributed by atoms with Crippen LogP contribution in [0.2, 0.25) is 0 Å². The zero-order valence-corrected chi connectivity index (χ0v) is 19.2. The van der Waals surface area contributed by atoms with E-state index in [-0.39, 0.29) is 46.5 Å². The first-order valence-electron chi connectivity index (χ1n) is 8.16. The number of hydrogen-bond acceptors (Lipinski definition) is 0. The Kier molecular flexibility index (Phi) is 8.65. The molecule has 0 nitrogen and oxygen atoms in total. The molecule has 0 aliphatic rings. The molecule has 0 saturated carbocycles. The van der Waals surface area contributed by atoms with Crippen molar-refractivity contribution in [2.45, 2.75) is 46.0 Å². The topological polar surface area (TPSA) is 0 Å². The largest absolute Gasteiger partial charge is 3.00 e. The van der Waals surface area contributed by atoms with Crippen LogP contribution in [0.5, 0.6) is 0 Å². The van der Waals surface area contributed by atoms with Crippen molar-refractivity contribution in [1.29, 1.82) is 0 Å². The van der Waals surface area contributed by atoms with E-state index in [0.717, 1.165) is 0 Å². The molecule has 0 N–H and O–H groups in total. The molecule has 25 heavy (non-hydrogen) atoms. The van der Waals surface area contributed by atoms with Gasteiger partial charge < -0.3 is 14.9 Å². The standard InChI is InChI=1S/C22H25.2CH3.Zr/c1-15(2)18-13-17-7-6-8-20(21(17)14-18)16-9-11-19(12-10-16)22(3,4)5;;;/h6-15H,1-5H3;2*1H3;/q3*-1;+3. The Hall–Kier alpha value is -1.07. The molecule has 1 radical (unpaired) electrons. The second-order valence-corrected chi connectivity index (χ2v) is 7.58. The molecule has 0 aromatic heterocycles. The first-order valence-corrected chi connectivity index (χ1v) is 8.16.